The van der Waals surface area contributed by atoms with Crippen LogP contribution in [0.5, 0.6) is 5.75 Å². The number of hydrogen-bond donors (Lipinski definition) is 1. The quantitative estimate of drug-likeness (QED) is 0.175. The van der Waals surface area contributed by atoms with Crippen molar-refractivity contribution in [2.45, 2.75) is 129 Å². The van der Waals surface area contributed by atoms with Crippen LogP contribution >= 0.6 is 0 Å². The number of aryl methyl sites for hydroxylation is 2. The van der Waals surface area contributed by atoms with E-state index in [0.717, 1.165) is 85.6 Å². The monoisotopic (exact) mass is 849 g/mol. The molecule has 2 aromatic heterocycles. The first-order valence-electron chi connectivity index (χ1n) is 22.1. The third-order valence-corrected chi connectivity index (χ3v) is 12.8. The molecule has 1 unspecified atom stereocenters. The summed E-state index contributed by atoms with van der Waals surface area (Å²) in [6.45, 7) is 17.0. The van der Waals surface area contributed by atoms with Crippen molar-refractivity contribution < 1.29 is 37.3 Å². The molecule has 332 valence electrons. The number of carbonyl (C=O) groups excluding carboxylic acids is 1. The Morgan fingerprint density at radius 3 is 2.31 bits per heavy atom. The normalized spacial score (nSPS) is 20.7. The zero-order valence-corrected chi connectivity index (χ0v) is 36.8. The number of carbonyl (C=O) groups is 1. The van der Waals surface area contributed by atoms with E-state index in [2.05, 4.69) is 15.9 Å². The molecule has 1 spiro atoms. The highest BCUT2D eigenvalue weighted by Crippen LogP contribution is 2.48. The second-order valence-electron chi connectivity index (χ2n) is 19.6. The average Bonchev–Trinajstić information content (AvgIpc) is 3.62. The summed E-state index contributed by atoms with van der Waals surface area (Å²) in [5.41, 5.74) is 2.87. The van der Waals surface area contributed by atoms with Gasteiger partial charge in [-0.05, 0) is 135 Å². The van der Waals surface area contributed by atoms with Crippen LogP contribution in [0.2, 0.25) is 0 Å². The maximum atomic E-state index is 14.3. The second-order valence-corrected chi connectivity index (χ2v) is 19.6. The molecule has 4 fully saturated rings. The second kappa shape index (κ2) is 16.5. The maximum Gasteiger partial charge on any atom is 0.422 e. The van der Waals surface area contributed by atoms with E-state index >= 15 is 0 Å². The highest BCUT2D eigenvalue weighted by molar-refractivity contribution is 6.05. The lowest BCUT2D eigenvalue weighted by atomic mass is 9.72. The number of alkyl halides is 3. The molecule has 4 aliphatic heterocycles. The molecule has 0 aliphatic carbocycles. The maximum absolute atomic E-state index is 14.3. The summed E-state index contributed by atoms with van der Waals surface area (Å²) >= 11 is 0. The van der Waals surface area contributed by atoms with Crippen molar-refractivity contribution in [3.63, 3.8) is 0 Å². The molecule has 8 rings (SSSR count). The van der Waals surface area contributed by atoms with Crippen LogP contribution in [0.4, 0.5) is 23.8 Å². The summed E-state index contributed by atoms with van der Waals surface area (Å²) in [7, 11) is 0. The number of fused-ring (bicyclic) bond motifs is 2. The van der Waals surface area contributed by atoms with E-state index in [9.17, 15) is 23.1 Å². The highest BCUT2D eigenvalue weighted by atomic mass is 19.4. The number of ether oxygens (including phenoxy) is 3. The smallest absolute Gasteiger partial charge is 0.422 e. The number of aromatic nitrogens is 4. The molecule has 1 N–H and O–H groups in total. The Morgan fingerprint density at radius 1 is 0.967 bits per heavy atom. The molecule has 0 saturated carbocycles. The zero-order valence-electron chi connectivity index (χ0n) is 36.8. The summed E-state index contributed by atoms with van der Waals surface area (Å²) in [6.07, 6.45) is 3.19. The average molecular weight is 850 g/mol. The summed E-state index contributed by atoms with van der Waals surface area (Å²) in [5.74, 6) is 1.35. The lowest BCUT2D eigenvalue weighted by Gasteiger charge is -2.53. The Bertz CT molecular complexity index is 2230. The minimum Gasteiger partial charge on any atom is -0.481 e. The van der Waals surface area contributed by atoms with Crippen LogP contribution in [0.3, 0.4) is 0 Å². The lowest BCUT2D eigenvalue weighted by molar-refractivity contribution is -0.153. The number of anilines is 1. The molecule has 0 radical (unpaired) electrons. The van der Waals surface area contributed by atoms with Gasteiger partial charge >= 0.3 is 12.3 Å². The Kier molecular flexibility index (Phi) is 11.7. The van der Waals surface area contributed by atoms with E-state index in [0.29, 0.717) is 73.9 Å². The van der Waals surface area contributed by atoms with Crippen molar-refractivity contribution in [2.75, 3.05) is 63.9 Å². The fraction of sp³-hybridized carbons (Fsp3) is 0.652. The minimum absolute atomic E-state index is 0.0293. The first-order valence-corrected chi connectivity index (χ1v) is 22.1. The fourth-order valence-electron chi connectivity index (χ4n) is 9.89. The minimum atomic E-state index is -4.60. The van der Waals surface area contributed by atoms with Gasteiger partial charge in [0.15, 0.2) is 18.6 Å². The van der Waals surface area contributed by atoms with Crippen LogP contribution in [0.15, 0.2) is 24.4 Å². The molecule has 4 saturated heterocycles. The predicted molar refractivity (Wildman–Crippen MR) is 229 cm³/mol. The van der Waals surface area contributed by atoms with Gasteiger partial charge in [0, 0.05) is 67.0 Å². The van der Waals surface area contributed by atoms with Gasteiger partial charge in [0.2, 0.25) is 0 Å². The van der Waals surface area contributed by atoms with Crippen molar-refractivity contribution in [1.29, 1.82) is 0 Å². The first-order chi connectivity index (χ1) is 28.8. The van der Waals surface area contributed by atoms with Crippen LogP contribution in [0.1, 0.15) is 116 Å². The summed E-state index contributed by atoms with van der Waals surface area (Å²) < 4.78 is 62.7. The van der Waals surface area contributed by atoms with Crippen LogP contribution in [0.25, 0.3) is 32.9 Å². The van der Waals surface area contributed by atoms with E-state index in [4.69, 9.17) is 29.3 Å². The number of β-amino-alcohol motifs (C(OH)–C–C–N with tert-alkyl or cyclic N) is 1. The standard InChI is InChI=1S/C46H62F3N7O5/c1-8-30-23-32-38(39(60-28-46(47,48)49)37(30)36-29(2)12-13-34-33(36)24-50-56(34)35-11-9-10-22-59-35)51-40(31-14-18-53(19-15-31)25-44(6,7)58)52-41(32)54-20-16-45(17-21-54)26-55(27-45)42(57)61-43(3,4)5/h12-13,23-24,31,35,58H,8-11,14-22,25-28H2,1-7H3. The number of aliphatic hydroxyl groups is 1. The van der Waals surface area contributed by atoms with Crippen LogP contribution < -0.4 is 9.64 Å². The Morgan fingerprint density at radius 2 is 1.69 bits per heavy atom. The molecule has 12 nitrogen and oxygen atoms in total. The van der Waals surface area contributed by atoms with Gasteiger partial charge in [-0.1, -0.05) is 13.0 Å². The molecule has 4 aliphatic rings. The number of nitrogens with zero attached hydrogens (tertiary/aromatic N) is 7. The molecular formula is C46H62F3N7O5. The Balaban J connectivity index is 1.24. The van der Waals surface area contributed by atoms with Gasteiger partial charge in [-0.3, -0.25) is 0 Å². The Hall–Kier alpha value is -4.21. The topological polar surface area (TPSA) is 118 Å². The van der Waals surface area contributed by atoms with Gasteiger partial charge < -0.3 is 34.0 Å². The molecular weight excluding hydrogens is 788 g/mol. The molecule has 15 heteroatoms. The number of rotatable bonds is 9. The van der Waals surface area contributed by atoms with E-state index in [-0.39, 0.29) is 29.4 Å². The molecule has 1 atom stereocenters. The zero-order chi connectivity index (χ0) is 43.5. The van der Waals surface area contributed by atoms with E-state index in [1.165, 1.54) is 0 Å². The van der Waals surface area contributed by atoms with Crippen molar-refractivity contribution in [3.8, 4) is 16.9 Å². The van der Waals surface area contributed by atoms with Gasteiger partial charge in [-0.15, -0.1) is 0 Å². The van der Waals surface area contributed by atoms with Gasteiger partial charge in [0.1, 0.15) is 22.8 Å². The van der Waals surface area contributed by atoms with Gasteiger partial charge in [-0.2, -0.15) is 18.3 Å². The van der Waals surface area contributed by atoms with Crippen molar-refractivity contribution in [1.82, 2.24) is 29.5 Å². The lowest BCUT2D eigenvalue weighted by Crippen LogP contribution is -2.62. The predicted octanol–water partition coefficient (Wildman–Crippen LogP) is 8.95. The van der Waals surface area contributed by atoms with Crippen molar-refractivity contribution in [2.24, 2.45) is 5.41 Å². The molecule has 61 heavy (non-hydrogen) atoms. The van der Waals surface area contributed by atoms with E-state index < -0.39 is 24.0 Å². The first kappa shape index (κ1) is 43.4. The molecule has 2 aromatic carbocycles. The number of halogens is 3. The SMILES string of the molecule is CCc1cc2c(N3CCC4(CC3)CN(C(=O)OC(C)(C)C)C4)nc(C3CCN(CC(C)(C)O)CC3)nc2c(OCC(F)(F)F)c1-c1c(C)ccc2c1cnn2C1CCCCO1. The molecule has 1 amide bonds. The third-order valence-electron chi connectivity index (χ3n) is 12.8. The molecule has 0 bridgehead atoms. The van der Waals surface area contributed by atoms with Gasteiger partial charge in [-0.25, -0.2) is 19.4 Å². The molecule has 6 heterocycles. The van der Waals surface area contributed by atoms with Crippen molar-refractivity contribution in [3.05, 3.63) is 41.3 Å². The van der Waals surface area contributed by atoms with E-state index in [1.807, 2.05) is 51.4 Å². The van der Waals surface area contributed by atoms with Crippen molar-refractivity contribution >= 4 is 33.7 Å². The van der Waals surface area contributed by atoms with E-state index in [1.54, 1.807) is 24.9 Å². The summed E-state index contributed by atoms with van der Waals surface area (Å²) in [5, 5.41) is 16.8. The number of likely N-dealkylation sites (tertiary alicyclic amines) is 2. The number of hydrogen-bond acceptors (Lipinski definition) is 10. The van der Waals surface area contributed by atoms with Gasteiger partial charge in [0.25, 0.3) is 0 Å². The number of benzene rings is 2. The largest absolute Gasteiger partial charge is 0.481 e. The molecule has 4 aromatic rings. The number of amides is 1. The highest BCUT2D eigenvalue weighted by Gasteiger charge is 2.48. The number of piperidine rings is 2. The third kappa shape index (κ3) is 9.29. The van der Waals surface area contributed by atoms with Crippen LogP contribution in [-0.4, -0.2) is 117 Å². The van der Waals surface area contributed by atoms with Gasteiger partial charge in [0.05, 0.1) is 17.3 Å². The van der Waals surface area contributed by atoms with Crippen LogP contribution in [-0.2, 0) is 15.9 Å². The fourth-order valence-corrected chi connectivity index (χ4v) is 9.89. The summed E-state index contributed by atoms with van der Waals surface area (Å²) in [4.78, 5) is 29.7. The summed E-state index contributed by atoms with van der Waals surface area (Å²) in [6, 6.07) is 6.09. The Labute approximate surface area is 356 Å². The van der Waals surface area contributed by atoms with Crippen LogP contribution in [0, 0.1) is 12.3 Å².